The molecule has 2 fully saturated rings. The van der Waals surface area contributed by atoms with Gasteiger partial charge in [0.05, 0.1) is 29.8 Å². The molecule has 0 bridgehead atoms. The zero-order valence-corrected chi connectivity index (χ0v) is 26.0. The zero-order chi connectivity index (χ0) is 30.6. The molecule has 43 heavy (non-hydrogen) atoms. The van der Waals surface area contributed by atoms with Crippen LogP contribution in [0.15, 0.2) is 66.7 Å². The number of piperidine rings is 1. The van der Waals surface area contributed by atoms with Gasteiger partial charge in [-0.2, -0.15) is 0 Å². The van der Waals surface area contributed by atoms with Gasteiger partial charge in [-0.15, -0.1) is 0 Å². The maximum Gasteiger partial charge on any atom is 0.405 e. The summed E-state index contributed by atoms with van der Waals surface area (Å²) in [5, 5.41) is 0.992. The summed E-state index contributed by atoms with van der Waals surface area (Å²) < 4.78 is 16.6. The fourth-order valence-corrected chi connectivity index (χ4v) is 6.79. The summed E-state index contributed by atoms with van der Waals surface area (Å²) in [6.45, 7) is 3.41. The molecule has 0 spiro atoms. The number of likely N-dealkylation sites (tertiary alicyclic amines) is 2. The van der Waals surface area contributed by atoms with E-state index in [-0.39, 0.29) is 11.3 Å². The van der Waals surface area contributed by atoms with Gasteiger partial charge >= 0.3 is 6.09 Å². The fraction of sp³-hybridized carbons (Fsp3) is 0.394. The molecule has 2 aliphatic heterocycles. The molecule has 2 amide bonds. The second kappa shape index (κ2) is 13.0. The van der Waals surface area contributed by atoms with Crippen molar-refractivity contribution in [1.82, 2.24) is 9.80 Å². The first-order chi connectivity index (χ1) is 20.7. The SMILES string of the molecule is COc1ccc(C(=O)N2CCC(CCN3CCC(OC(N)=O)(c4ccccc4)CC3)(c3ccc(Cl)c(Cl)c3)C2)c(OC)c1. The van der Waals surface area contributed by atoms with Gasteiger partial charge in [0.2, 0.25) is 0 Å². The summed E-state index contributed by atoms with van der Waals surface area (Å²) in [6.07, 6.45) is 2.11. The largest absolute Gasteiger partial charge is 0.497 e. The van der Waals surface area contributed by atoms with E-state index in [4.69, 9.17) is 43.1 Å². The monoisotopic (exact) mass is 625 g/mol. The molecule has 0 saturated carbocycles. The standard InChI is InChI=1S/C33H37Cl2N3O5/c1-41-25-9-10-26(29(21-25)42-2)30(39)38-19-13-32(22-38,24-8-11-27(34)28(35)20-24)12-16-37-17-14-33(15-18-37,43-31(36)40)23-6-4-3-5-7-23/h3-11,20-21H,12-19,22H2,1-2H3,(H2,36,40). The van der Waals surface area contributed by atoms with Gasteiger partial charge in [0.25, 0.3) is 5.91 Å². The normalized spacial score (nSPS) is 20.0. The van der Waals surface area contributed by atoms with Crippen LogP contribution in [0.3, 0.4) is 0 Å². The number of halogens is 2. The third-order valence-corrected chi connectivity index (χ3v) is 9.72. The number of rotatable bonds is 9. The van der Waals surface area contributed by atoms with Gasteiger partial charge in [0.15, 0.2) is 0 Å². The molecule has 2 heterocycles. The van der Waals surface area contributed by atoms with Crippen molar-refractivity contribution in [2.75, 3.05) is 46.9 Å². The average molecular weight is 627 g/mol. The van der Waals surface area contributed by atoms with Crippen molar-refractivity contribution >= 4 is 35.2 Å². The van der Waals surface area contributed by atoms with Crippen LogP contribution in [-0.4, -0.2) is 68.7 Å². The highest BCUT2D eigenvalue weighted by Gasteiger charge is 2.44. The van der Waals surface area contributed by atoms with Crippen molar-refractivity contribution in [2.24, 2.45) is 5.73 Å². The summed E-state index contributed by atoms with van der Waals surface area (Å²) in [6, 6.07) is 20.8. The van der Waals surface area contributed by atoms with Crippen LogP contribution in [0.4, 0.5) is 4.79 Å². The highest BCUT2D eigenvalue weighted by Crippen LogP contribution is 2.42. The summed E-state index contributed by atoms with van der Waals surface area (Å²) in [5.41, 5.74) is 6.96. The van der Waals surface area contributed by atoms with Crippen molar-refractivity contribution in [2.45, 2.75) is 36.7 Å². The van der Waals surface area contributed by atoms with E-state index in [1.165, 1.54) is 0 Å². The van der Waals surface area contributed by atoms with E-state index in [0.29, 0.717) is 53.0 Å². The van der Waals surface area contributed by atoms with E-state index in [1.807, 2.05) is 53.4 Å². The number of amides is 2. The van der Waals surface area contributed by atoms with Crippen LogP contribution in [0.5, 0.6) is 11.5 Å². The summed E-state index contributed by atoms with van der Waals surface area (Å²) in [5.74, 6) is 1.01. The number of methoxy groups -OCH3 is 2. The van der Waals surface area contributed by atoms with Crippen LogP contribution in [0.1, 0.15) is 47.2 Å². The molecule has 3 aromatic carbocycles. The van der Waals surface area contributed by atoms with Gasteiger partial charge in [-0.3, -0.25) is 4.79 Å². The lowest BCUT2D eigenvalue weighted by molar-refractivity contribution is -0.0374. The fourth-order valence-electron chi connectivity index (χ4n) is 6.50. The van der Waals surface area contributed by atoms with Gasteiger partial charge in [-0.1, -0.05) is 59.6 Å². The zero-order valence-electron chi connectivity index (χ0n) is 24.5. The minimum absolute atomic E-state index is 0.0874. The van der Waals surface area contributed by atoms with Crippen molar-refractivity contribution in [3.63, 3.8) is 0 Å². The average Bonchev–Trinajstić information content (AvgIpc) is 3.47. The van der Waals surface area contributed by atoms with Crippen LogP contribution in [0.25, 0.3) is 0 Å². The van der Waals surface area contributed by atoms with Crippen molar-refractivity contribution in [3.8, 4) is 11.5 Å². The van der Waals surface area contributed by atoms with E-state index in [9.17, 15) is 9.59 Å². The van der Waals surface area contributed by atoms with Crippen molar-refractivity contribution < 1.29 is 23.8 Å². The molecule has 0 aliphatic carbocycles. The molecule has 1 unspecified atom stereocenters. The smallest absolute Gasteiger partial charge is 0.405 e. The Hall–Kier alpha value is -3.46. The number of hydrogen-bond acceptors (Lipinski definition) is 6. The van der Waals surface area contributed by atoms with Gasteiger partial charge in [0, 0.05) is 50.5 Å². The van der Waals surface area contributed by atoms with Crippen LogP contribution in [-0.2, 0) is 15.8 Å². The molecule has 1 atom stereocenters. The van der Waals surface area contributed by atoms with Crippen LogP contribution in [0.2, 0.25) is 10.0 Å². The molecule has 0 aromatic heterocycles. The van der Waals surface area contributed by atoms with E-state index >= 15 is 0 Å². The first-order valence-corrected chi connectivity index (χ1v) is 15.2. The Morgan fingerprint density at radius 3 is 2.26 bits per heavy atom. The number of hydrogen-bond donors (Lipinski definition) is 1. The summed E-state index contributed by atoms with van der Waals surface area (Å²) >= 11 is 12.8. The molecule has 8 nitrogen and oxygen atoms in total. The molecule has 0 radical (unpaired) electrons. The highest BCUT2D eigenvalue weighted by molar-refractivity contribution is 6.42. The van der Waals surface area contributed by atoms with E-state index < -0.39 is 11.7 Å². The lowest BCUT2D eigenvalue weighted by Gasteiger charge is -2.42. The topological polar surface area (TPSA) is 94.3 Å². The number of benzene rings is 3. The van der Waals surface area contributed by atoms with E-state index in [2.05, 4.69) is 4.90 Å². The maximum atomic E-state index is 13.8. The first-order valence-electron chi connectivity index (χ1n) is 14.4. The van der Waals surface area contributed by atoms with E-state index in [1.54, 1.807) is 32.4 Å². The lowest BCUT2D eigenvalue weighted by atomic mass is 9.76. The Kier molecular flexibility index (Phi) is 9.39. The van der Waals surface area contributed by atoms with Crippen molar-refractivity contribution in [3.05, 3.63) is 93.5 Å². The number of primary amides is 1. The van der Waals surface area contributed by atoms with Gasteiger partial charge in [0.1, 0.15) is 17.1 Å². The Morgan fingerprint density at radius 1 is 0.860 bits per heavy atom. The van der Waals surface area contributed by atoms with Gasteiger partial charge in [-0.25, -0.2) is 4.79 Å². The third kappa shape index (κ3) is 6.56. The Morgan fingerprint density at radius 2 is 1.60 bits per heavy atom. The number of nitrogens with two attached hydrogens (primary N) is 1. The van der Waals surface area contributed by atoms with Crippen molar-refractivity contribution in [1.29, 1.82) is 0 Å². The van der Waals surface area contributed by atoms with E-state index in [0.717, 1.165) is 43.6 Å². The molecule has 228 valence electrons. The molecular formula is C33H37Cl2N3O5. The minimum atomic E-state index is -0.764. The molecule has 2 saturated heterocycles. The molecule has 2 aliphatic rings. The summed E-state index contributed by atoms with van der Waals surface area (Å²) in [7, 11) is 3.13. The van der Waals surface area contributed by atoms with Crippen LogP contribution >= 0.6 is 23.2 Å². The number of carbonyl (C=O) groups is 2. The number of ether oxygens (including phenoxy) is 3. The molecule has 3 aromatic rings. The second-order valence-electron chi connectivity index (χ2n) is 11.3. The Labute approximate surface area is 262 Å². The number of carbonyl (C=O) groups excluding carboxylic acids is 2. The second-order valence-corrected chi connectivity index (χ2v) is 12.1. The van der Waals surface area contributed by atoms with Gasteiger partial charge in [-0.05, 0) is 54.8 Å². The quantitative estimate of drug-likeness (QED) is 0.301. The first kappa shape index (κ1) is 31.0. The third-order valence-electron chi connectivity index (χ3n) is 8.98. The highest BCUT2D eigenvalue weighted by atomic mass is 35.5. The maximum absolute atomic E-state index is 13.8. The predicted octanol–water partition coefficient (Wildman–Crippen LogP) is 6.27. The van der Waals surface area contributed by atoms with Crippen LogP contribution < -0.4 is 15.2 Å². The molecule has 10 heteroatoms. The summed E-state index contributed by atoms with van der Waals surface area (Å²) in [4.78, 5) is 29.9. The van der Waals surface area contributed by atoms with Gasteiger partial charge < -0.3 is 29.7 Å². The predicted molar refractivity (Wildman–Crippen MR) is 167 cm³/mol. The minimum Gasteiger partial charge on any atom is -0.497 e. The number of nitrogens with zero attached hydrogens (tertiary/aromatic N) is 2. The molecular weight excluding hydrogens is 589 g/mol. The van der Waals surface area contributed by atoms with Crippen LogP contribution in [0, 0.1) is 0 Å². The lowest BCUT2D eigenvalue weighted by Crippen LogP contribution is -2.47. The Balaban J connectivity index is 1.34. The Bertz CT molecular complexity index is 1460. The molecule has 2 N–H and O–H groups in total. The molecule has 5 rings (SSSR count).